The first-order chi connectivity index (χ1) is 8.78. The van der Waals surface area contributed by atoms with Crippen LogP contribution in [0.3, 0.4) is 0 Å². The molecule has 1 aliphatic heterocycles. The minimum absolute atomic E-state index is 0.257. The molecule has 1 aliphatic rings. The first kappa shape index (κ1) is 16.7. The molecule has 0 N–H and O–H groups in total. The number of nitrogens with zero attached hydrogens (tertiary/aromatic N) is 2. The van der Waals surface area contributed by atoms with Crippen LogP contribution in [0, 0.1) is 0 Å². The third-order valence-corrected chi connectivity index (χ3v) is 8.76. The zero-order chi connectivity index (χ0) is 14.5. The van der Waals surface area contributed by atoms with Crippen LogP contribution in [0.4, 0.5) is 0 Å². The SMILES string of the molecule is COC[C@@H]1CCCN1/N=C/CO[Si](C)(C)C(C)(C)C. The molecule has 0 spiro atoms. The van der Waals surface area contributed by atoms with Crippen molar-refractivity contribution in [2.75, 3.05) is 26.9 Å². The van der Waals surface area contributed by atoms with E-state index in [2.05, 4.69) is 44.0 Å². The van der Waals surface area contributed by atoms with E-state index in [0.29, 0.717) is 12.6 Å². The van der Waals surface area contributed by atoms with E-state index in [0.717, 1.165) is 13.2 Å². The number of ether oxygens (including phenoxy) is 1. The van der Waals surface area contributed by atoms with Gasteiger partial charge >= 0.3 is 0 Å². The highest BCUT2D eigenvalue weighted by Crippen LogP contribution is 2.36. The van der Waals surface area contributed by atoms with Crippen LogP contribution in [0.5, 0.6) is 0 Å². The molecule has 1 fully saturated rings. The fraction of sp³-hybridized carbons (Fsp3) is 0.929. The van der Waals surface area contributed by atoms with Gasteiger partial charge in [-0.1, -0.05) is 20.8 Å². The lowest BCUT2D eigenvalue weighted by atomic mass is 10.2. The molecule has 4 nitrogen and oxygen atoms in total. The van der Waals surface area contributed by atoms with Gasteiger partial charge in [-0.2, -0.15) is 5.10 Å². The maximum absolute atomic E-state index is 6.08. The molecule has 1 atom stereocenters. The molecule has 0 amide bonds. The van der Waals surface area contributed by atoms with Crippen LogP contribution in [0.25, 0.3) is 0 Å². The predicted octanol–water partition coefficient (Wildman–Crippen LogP) is 3.10. The van der Waals surface area contributed by atoms with Crippen molar-refractivity contribution in [1.82, 2.24) is 5.01 Å². The van der Waals surface area contributed by atoms with Crippen LogP contribution < -0.4 is 0 Å². The smallest absolute Gasteiger partial charge is 0.192 e. The Morgan fingerprint density at radius 2 is 2.05 bits per heavy atom. The van der Waals surface area contributed by atoms with Crippen molar-refractivity contribution in [3.05, 3.63) is 0 Å². The van der Waals surface area contributed by atoms with Crippen molar-refractivity contribution in [2.45, 2.75) is 57.8 Å². The first-order valence-electron chi connectivity index (χ1n) is 7.20. The average molecular weight is 286 g/mol. The van der Waals surface area contributed by atoms with E-state index in [1.165, 1.54) is 12.8 Å². The molecule has 1 heterocycles. The lowest BCUT2D eigenvalue weighted by Crippen LogP contribution is -2.41. The van der Waals surface area contributed by atoms with Crippen molar-refractivity contribution in [3.63, 3.8) is 0 Å². The van der Waals surface area contributed by atoms with Gasteiger partial charge in [0, 0.05) is 19.9 Å². The van der Waals surface area contributed by atoms with Crippen molar-refractivity contribution in [3.8, 4) is 0 Å². The van der Waals surface area contributed by atoms with Crippen LogP contribution >= 0.6 is 0 Å². The zero-order valence-corrected chi connectivity index (χ0v) is 14.4. The van der Waals surface area contributed by atoms with Gasteiger partial charge in [-0.05, 0) is 31.0 Å². The molecular formula is C14H30N2O2Si. The zero-order valence-electron chi connectivity index (χ0n) is 13.4. The second kappa shape index (κ2) is 6.86. The molecule has 0 aliphatic carbocycles. The van der Waals surface area contributed by atoms with Gasteiger partial charge in [-0.3, -0.25) is 5.01 Å². The molecule has 0 saturated carbocycles. The summed E-state index contributed by atoms with van der Waals surface area (Å²) >= 11 is 0. The fourth-order valence-corrected chi connectivity index (χ4v) is 2.86. The highest BCUT2D eigenvalue weighted by atomic mass is 28.4. The van der Waals surface area contributed by atoms with E-state index in [1.807, 2.05) is 6.21 Å². The molecule has 0 aromatic rings. The summed E-state index contributed by atoms with van der Waals surface area (Å²) < 4.78 is 11.3. The topological polar surface area (TPSA) is 34.1 Å². The summed E-state index contributed by atoms with van der Waals surface area (Å²) in [6.07, 6.45) is 4.29. The standard InChI is InChI=1S/C14H30N2O2Si/c1-14(2,3)19(5,6)18-11-9-15-16-10-7-8-13(16)12-17-4/h9,13H,7-8,10-12H2,1-6H3/b15-9+/t13-/m0/s1. The van der Waals surface area contributed by atoms with E-state index in [-0.39, 0.29) is 5.04 Å². The molecule has 112 valence electrons. The minimum Gasteiger partial charge on any atom is -0.412 e. The normalized spacial score (nSPS) is 21.6. The van der Waals surface area contributed by atoms with E-state index in [1.54, 1.807) is 7.11 Å². The van der Waals surface area contributed by atoms with E-state index in [4.69, 9.17) is 9.16 Å². The summed E-state index contributed by atoms with van der Waals surface area (Å²) in [5.74, 6) is 0. The Hall–Kier alpha value is -0.393. The van der Waals surface area contributed by atoms with Crippen molar-refractivity contribution < 1.29 is 9.16 Å². The monoisotopic (exact) mass is 286 g/mol. The molecule has 0 aromatic heterocycles. The van der Waals surface area contributed by atoms with Gasteiger partial charge in [0.25, 0.3) is 0 Å². The van der Waals surface area contributed by atoms with Gasteiger partial charge in [-0.15, -0.1) is 0 Å². The lowest BCUT2D eigenvalue weighted by Gasteiger charge is -2.35. The largest absolute Gasteiger partial charge is 0.412 e. The van der Waals surface area contributed by atoms with E-state index >= 15 is 0 Å². The van der Waals surface area contributed by atoms with Gasteiger partial charge in [0.2, 0.25) is 0 Å². The molecular weight excluding hydrogens is 256 g/mol. The van der Waals surface area contributed by atoms with Crippen LogP contribution in [-0.4, -0.2) is 52.5 Å². The summed E-state index contributed by atoms with van der Waals surface area (Å²) in [6.45, 7) is 13.7. The lowest BCUT2D eigenvalue weighted by molar-refractivity contribution is 0.118. The summed E-state index contributed by atoms with van der Waals surface area (Å²) in [7, 11) is 0.102. The molecule has 0 unspecified atom stereocenters. The van der Waals surface area contributed by atoms with E-state index in [9.17, 15) is 0 Å². The Balaban J connectivity index is 2.38. The molecule has 1 rings (SSSR count). The van der Waals surface area contributed by atoms with Crippen LogP contribution in [-0.2, 0) is 9.16 Å². The Kier molecular flexibility index (Phi) is 6.01. The first-order valence-corrected chi connectivity index (χ1v) is 10.1. The third kappa shape index (κ3) is 4.89. The third-order valence-electron chi connectivity index (χ3n) is 4.26. The second-order valence-electron chi connectivity index (χ2n) is 6.78. The Labute approximate surface area is 119 Å². The maximum atomic E-state index is 6.08. The van der Waals surface area contributed by atoms with Crippen molar-refractivity contribution in [2.24, 2.45) is 5.10 Å². The maximum Gasteiger partial charge on any atom is 0.192 e. The fourth-order valence-electron chi connectivity index (χ4n) is 1.93. The highest BCUT2D eigenvalue weighted by Gasteiger charge is 2.36. The number of hydrogen-bond acceptors (Lipinski definition) is 4. The molecule has 19 heavy (non-hydrogen) atoms. The molecule has 5 heteroatoms. The van der Waals surface area contributed by atoms with Gasteiger partial charge in [0.15, 0.2) is 8.32 Å². The highest BCUT2D eigenvalue weighted by molar-refractivity contribution is 6.74. The van der Waals surface area contributed by atoms with Crippen LogP contribution in [0.1, 0.15) is 33.6 Å². The molecule has 0 bridgehead atoms. The quantitative estimate of drug-likeness (QED) is 0.556. The summed E-state index contributed by atoms with van der Waals surface area (Å²) in [6, 6.07) is 0.439. The summed E-state index contributed by atoms with van der Waals surface area (Å²) in [5.41, 5.74) is 0. The summed E-state index contributed by atoms with van der Waals surface area (Å²) in [4.78, 5) is 0. The Bertz CT molecular complexity index is 300. The Morgan fingerprint density at radius 3 is 2.63 bits per heavy atom. The predicted molar refractivity (Wildman–Crippen MR) is 83.2 cm³/mol. The second-order valence-corrected chi connectivity index (χ2v) is 11.6. The average Bonchev–Trinajstić information content (AvgIpc) is 2.71. The number of hydrazone groups is 1. The molecule has 1 saturated heterocycles. The number of rotatable bonds is 6. The Morgan fingerprint density at radius 1 is 1.37 bits per heavy atom. The van der Waals surface area contributed by atoms with Gasteiger partial charge < -0.3 is 9.16 Å². The van der Waals surface area contributed by atoms with Crippen molar-refractivity contribution in [1.29, 1.82) is 0 Å². The van der Waals surface area contributed by atoms with Crippen molar-refractivity contribution >= 4 is 14.5 Å². The molecule has 0 radical (unpaired) electrons. The van der Waals surface area contributed by atoms with Crippen LogP contribution in [0.2, 0.25) is 18.1 Å². The van der Waals surface area contributed by atoms with Crippen LogP contribution in [0.15, 0.2) is 5.10 Å². The van der Waals surface area contributed by atoms with Gasteiger partial charge in [0.05, 0.1) is 19.3 Å². The molecule has 0 aromatic carbocycles. The summed E-state index contributed by atoms with van der Waals surface area (Å²) in [5, 5.41) is 6.93. The van der Waals surface area contributed by atoms with Gasteiger partial charge in [-0.25, -0.2) is 0 Å². The van der Waals surface area contributed by atoms with Gasteiger partial charge in [0.1, 0.15) is 0 Å². The minimum atomic E-state index is -1.65. The number of hydrogen-bond donors (Lipinski definition) is 0. The van der Waals surface area contributed by atoms with E-state index < -0.39 is 8.32 Å². The number of methoxy groups -OCH3 is 1.